The number of hydrogen-bond acceptors (Lipinski definition) is 2. The van der Waals surface area contributed by atoms with Crippen LogP contribution < -0.4 is 10.6 Å². The number of aryl methyl sites for hydroxylation is 1. The van der Waals surface area contributed by atoms with Crippen molar-refractivity contribution >= 4 is 11.6 Å². The van der Waals surface area contributed by atoms with Crippen molar-refractivity contribution in [3.05, 3.63) is 28.8 Å². The zero-order chi connectivity index (χ0) is 14.8. The Kier molecular flexibility index (Phi) is 4.75. The number of carbonyl (C=O) groups is 1. The summed E-state index contributed by atoms with van der Waals surface area (Å²) in [5, 5.41) is 0. The van der Waals surface area contributed by atoms with Gasteiger partial charge in [0.1, 0.15) is 0 Å². The van der Waals surface area contributed by atoms with Crippen LogP contribution in [0.4, 0.5) is 5.69 Å². The minimum Gasteiger partial charge on any atom is -0.330 e. The summed E-state index contributed by atoms with van der Waals surface area (Å²) in [6.07, 6.45) is 0.695. The molecule has 1 amide bonds. The molecule has 0 fully saturated rings. The molecule has 2 N–H and O–H groups in total. The monoisotopic (exact) mass is 262 g/mol. The number of nitrogens with zero attached hydrogens (tertiary/aromatic N) is 1. The van der Waals surface area contributed by atoms with Gasteiger partial charge in [-0.05, 0) is 56.5 Å². The fraction of sp³-hybridized carbons (Fsp3) is 0.562. The number of rotatable bonds is 4. The maximum Gasteiger partial charge on any atom is 0.232 e. The second-order valence-corrected chi connectivity index (χ2v) is 5.94. The van der Waals surface area contributed by atoms with Crippen LogP contribution in [0, 0.1) is 26.2 Å². The van der Waals surface area contributed by atoms with Gasteiger partial charge in [-0.3, -0.25) is 4.79 Å². The molecule has 0 unspecified atom stereocenters. The Balaban J connectivity index is 3.11. The lowest BCUT2D eigenvalue weighted by Crippen LogP contribution is -2.40. The average molecular weight is 262 g/mol. The molecule has 0 aliphatic carbocycles. The highest BCUT2D eigenvalue weighted by molar-refractivity contribution is 5.97. The van der Waals surface area contributed by atoms with E-state index >= 15 is 0 Å². The molecule has 3 nitrogen and oxygen atoms in total. The molecule has 0 atom stereocenters. The van der Waals surface area contributed by atoms with Gasteiger partial charge in [-0.15, -0.1) is 0 Å². The largest absolute Gasteiger partial charge is 0.330 e. The van der Waals surface area contributed by atoms with E-state index in [1.165, 1.54) is 16.7 Å². The molecule has 0 saturated heterocycles. The number of benzene rings is 1. The van der Waals surface area contributed by atoms with E-state index in [0.717, 1.165) is 5.69 Å². The first-order chi connectivity index (χ1) is 8.72. The quantitative estimate of drug-likeness (QED) is 0.906. The molecule has 19 heavy (non-hydrogen) atoms. The third kappa shape index (κ3) is 3.16. The molecule has 0 saturated carbocycles. The van der Waals surface area contributed by atoms with Crippen LogP contribution in [-0.4, -0.2) is 19.5 Å². The van der Waals surface area contributed by atoms with Gasteiger partial charge in [-0.1, -0.05) is 19.9 Å². The fourth-order valence-electron chi connectivity index (χ4n) is 2.34. The molecule has 0 bridgehead atoms. The highest BCUT2D eigenvalue weighted by Gasteiger charge is 2.30. The Hall–Kier alpha value is -1.35. The van der Waals surface area contributed by atoms with Crippen molar-refractivity contribution in [2.24, 2.45) is 11.1 Å². The first-order valence-electron chi connectivity index (χ1n) is 6.77. The zero-order valence-electron chi connectivity index (χ0n) is 13.0. The molecule has 1 aromatic rings. The van der Waals surface area contributed by atoms with Crippen LogP contribution in [0.1, 0.15) is 37.0 Å². The zero-order valence-corrected chi connectivity index (χ0v) is 13.0. The van der Waals surface area contributed by atoms with E-state index in [1.54, 1.807) is 4.90 Å². The van der Waals surface area contributed by atoms with Gasteiger partial charge < -0.3 is 10.6 Å². The van der Waals surface area contributed by atoms with E-state index in [0.29, 0.717) is 13.0 Å². The highest BCUT2D eigenvalue weighted by atomic mass is 16.2. The Bertz CT molecular complexity index is 478. The molecular weight excluding hydrogens is 236 g/mol. The van der Waals surface area contributed by atoms with Gasteiger partial charge in [0.05, 0.1) is 0 Å². The maximum atomic E-state index is 12.6. The molecule has 0 aliphatic rings. The summed E-state index contributed by atoms with van der Waals surface area (Å²) in [5.74, 6) is 0.115. The topological polar surface area (TPSA) is 46.3 Å². The van der Waals surface area contributed by atoms with Gasteiger partial charge in [0.15, 0.2) is 0 Å². The molecule has 0 aromatic heterocycles. The molecule has 3 heteroatoms. The van der Waals surface area contributed by atoms with E-state index in [1.807, 2.05) is 27.0 Å². The van der Waals surface area contributed by atoms with Crippen LogP contribution in [0.5, 0.6) is 0 Å². The summed E-state index contributed by atoms with van der Waals surface area (Å²) in [6, 6.07) is 4.09. The smallest absolute Gasteiger partial charge is 0.232 e. The second-order valence-electron chi connectivity index (χ2n) is 5.94. The van der Waals surface area contributed by atoms with Crippen molar-refractivity contribution in [1.29, 1.82) is 0 Å². The van der Waals surface area contributed by atoms with E-state index < -0.39 is 5.41 Å². The third-order valence-electron chi connectivity index (χ3n) is 4.04. The van der Waals surface area contributed by atoms with Crippen LogP contribution in [0.25, 0.3) is 0 Å². The van der Waals surface area contributed by atoms with Crippen LogP contribution in [0.15, 0.2) is 12.1 Å². The Morgan fingerprint density at radius 1 is 1.21 bits per heavy atom. The van der Waals surface area contributed by atoms with Crippen LogP contribution in [0.3, 0.4) is 0 Å². The number of anilines is 1. The van der Waals surface area contributed by atoms with Gasteiger partial charge in [0.2, 0.25) is 5.91 Å². The lowest BCUT2D eigenvalue weighted by molar-refractivity contribution is -0.126. The van der Waals surface area contributed by atoms with E-state index in [2.05, 4.69) is 26.8 Å². The molecule has 0 radical (unpaired) electrons. The van der Waals surface area contributed by atoms with E-state index in [-0.39, 0.29) is 5.91 Å². The molecular formula is C16H26N2O. The fourth-order valence-corrected chi connectivity index (χ4v) is 2.34. The SMILES string of the molecule is Cc1ccc(N(C)C(=O)C(C)(C)CCN)c(C)c1C. The van der Waals surface area contributed by atoms with Gasteiger partial charge in [-0.25, -0.2) is 0 Å². The molecule has 0 heterocycles. The summed E-state index contributed by atoms with van der Waals surface area (Å²) in [6.45, 7) is 10.7. The van der Waals surface area contributed by atoms with E-state index in [4.69, 9.17) is 5.73 Å². The lowest BCUT2D eigenvalue weighted by Gasteiger charge is -2.30. The number of hydrogen-bond donors (Lipinski definition) is 1. The summed E-state index contributed by atoms with van der Waals surface area (Å²) < 4.78 is 0. The molecule has 0 aliphatic heterocycles. The van der Waals surface area contributed by atoms with Crippen LogP contribution in [0.2, 0.25) is 0 Å². The molecule has 1 aromatic carbocycles. The van der Waals surface area contributed by atoms with Gasteiger partial charge in [-0.2, -0.15) is 0 Å². The van der Waals surface area contributed by atoms with Crippen molar-refractivity contribution in [3.8, 4) is 0 Å². The molecule has 1 rings (SSSR count). The summed E-state index contributed by atoms with van der Waals surface area (Å²) >= 11 is 0. The maximum absolute atomic E-state index is 12.6. The first-order valence-corrected chi connectivity index (χ1v) is 6.77. The first kappa shape index (κ1) is 15.7. The minimum absolute atomic E-state index is 0.115. The number of amides is 1. The predicted octanol–water partition coefficient (Wildman–Crippen LogP) is 2.95. The second kappa shape index (κ2) is 5.74. The van der Waals surface area contributed by atoms with Gasteiger partial charge in [0, 0.05) is 18.2 Å². The number of nitrogens with two attached hydrogens (primary N) is 1. The Morgan fingerprint density at radius 2 is 1.79 bits per heavy atom. The van der Waals surface area contributed by atoms with Crippen molar-refractivity contribution in [2.75, 3.05) is 18.5 Å². The van der Waals surface area contributed by atoms with E-state index in [9.17, 15) is 4.79 Å². The predicted molar refractivity (Wildman–Crippen MR) is 81.5 cm³/mol. The van der Waals surface area contributed by atoms with Crippen molar-refractivity contribution < 1.29 is 4.79 Å². The van der Waals surface area contributed by atoms with Crippen molar-refractivity contribution in [2.45, 2.75) is 41.0 Å². The summed E-state index contributed by atoms with van der Waals surface area (Å²) in [7, 11) is 1.84. The lowest BCUT2D eigenvalue weighted by atomic mass is 9.87. The summed E-state index contributed by atoms with van der Waals surface area (Å²) in [4.78, 5) is 14.3. The van der Waals surface area contributed by atoms with Gasteiger partial charge in [0.25, 0.3) is 0 Å². The minimum atomic E-state index is -0.422. The molecule has 0 spiro atoms. The van der Waals surface area contributed by atoms with Crippen LogP contribution in [-0.2, 0) is 4.79 Å². The highest BCUT2D eigenvalue weighted by Crippen LogP contribution is 2.29. The average Bonchev–Trinajstić information content (AvgIpc) is 2.34. The Morgan fingerprint density at radius 3 is 2.32 bits per heavy atom. The normalized spacial score (nSPS) is 11.5. The summed E-state index contributed by atoms with van der Waals surface area (Å²) in [5.41, 5.74) is 9.82. The van der Waals surface area contributed by atoms with Gasteiger partial charge >= 0.3 is 0 Å². The Labute approximate surface area is 116 Å². The van der Waals surface area contributed by atoms with Crippen molar-refractivity contribution in [1.82, 2.24) is 0 Å². The van der Waals surface area contributed by atoms with Crippen LogP contribution >= 0.6 is 0 Å². The third-order valence-corrected chi connectivity index (χ3v) is 4.04. The molecule has 106 valence electrons. The number of carbonyl (C=O) groups excluding carboxylic acids is 1. The van der Waals surface area contributed by atoms with Crippen molar-refractivity contribution in [3.63, 3.8) is 0 Å². The standard InChI is InChI=1S/C16H26N2O/c1-11-7-8-14(13(3)12(11)2)18(6)15(19)16(4,5)9-10-17/h7-8H,9-10,17H2,1-6H3.